The number of hydrogen-bond acceptors (Lipinski definition) is 4. The van der Waals surface area contributed by atoms with Gasteiger partial charge in [0.2, 0.25) is 0 Å². The molecule has 4 rings (SSSR count). The Balaban J connectivity index is 2.00. The predicted molar refractivity (Wildman–Crippen MR) is 69.4 cm³/mol. The van der Waals surface area contributed by atoms with E-state index in [0.29, 0.717) is 30.2 Å². The van der Waals surface area contributed by atoms with Gasteiger partial charge < -0.3 is 16.2 Å². The number of pyridine rings is 1. The van der Waals surface area contributed by atoms with Crippen molar-refractivity contribution >= 4 is 11.5 Å². The third kappa shape index (κ3) is 1.41. The summed E-state index contributed by atoms with van der Waals surface area (Å²) in [6.45, 7) is 0.661. The molecule has 4 N–H and O–H groups in total. The minimum Gasteiger partial charge on any atom is -0.491 e. The fraction of sp³-hybridized carbons (Fsp3) is 0.429. The molecular formula is C14H15N3O2. The molecule has 1 aliphatic heterocycles. The van der Waals surface area contributed by atoms with Gasteiger partial charge in [-0.3, -0.25) is 9.78 Å². The summed E-state index contributed by atoms with van der Waals surface area (Å²) in [6.07, 6.45) is 3.66. The molecule has 1 saturated carbocycles. The van der Waals surface area contributed by atoms with Crippen LogP contribution in [0.4, 0.5) is 0 Å². The van der Waals surface area contributed by atoms with E-state index in [2.05, 4.69) is 0 Å². The van der Waals surface area contributed by atoms with Crippen LogP contribution in [0, 0.1) is 0 Å². The van der Waals surface area contributed by atoms with Crippen molar-refractivity contribution in [2.45, 2.75) is 31.6 Å². The molecule has 1 aromatic rings. The van der Waals surface area contributed by atoms with Crippen molar-refractivity contribution in [1.29, 1.82) is 0 Å². The number of fused-ring (bicyclic) bond motifs is 3. The summed E-state index contributed by atoms with van der Waals surface area (Å²) >= 11 is 0. The highest BCUT2D eigenvalue weighted by atomic mass is 16.5. The zero-order chi connectivity index (χ0) is 13.1. The van der Waals surface area contributed by atoms with E-state index in [-0.39, 0.29) is 0 Å². The standard InChI is InChI=1S/C14H15N3O2/c15-8-5-7-10(11(8)14(16)18)12(6-1-2-6)17-9-3-4-19-13(7)9/h6H,1-5,15H2,(H2,16,18). The fourth-order valence-electron chi connectivity index (χ4n) is 3.10. The number of nitrogens with zero attached hydrogens (tertiary/aromatic N) is 1. The maximum atomic E-state index is 11.7. The Labute approximate surface area is 110 Å². The Bertz CT molecular complexity index is 645. The first-order valence-electron chi connectivity index (χ1n) is 6.64. The summed E-state index contributed by atoms with van der Waals surface area (Å²) in [5.74, 6) is 0.830. The van der Waals surface area contributed by atoms with Crippen molar-refractivity contribution in [3.63, 3.8) is 0 Å². The Morgan fingerprint density at radius 1 is 1.37 bits per heavy atom. The molecule has 3 aliphatic rings. The molecule has 5 nitrogen and oxygen atoms in total. The van der Waals surface area contributed by atoms with Crippen LogP contribution in [-0.2, 0) is 17.6 Å². The molecule has 98 valence electrons. The van der Waals surface area contributed by atoms with Crippen LogP contribution in [0.15, 0.2) is 5.70 Å². The van der Waals surface area contributed by atoms with Crippen molar-refractivity contribution in [1.82, 2.24) is 4.98 Å². The SMILES string of the molecule is NC(=O)C1=C(N)Cc2c3c(nc(C4CC4)c21)CCO3. The number of primary amides is 1. The highest BCUT2D eigenvalue weighted by Gasteiger charge is 2.38. The van der Waals surface area contributed by atoms with Gasteiger partial charge in [0.15, 0.2) is 0 Å². The van der Waals surface area contributed by atoms with Gasteiger partial charge in [-0.2, -0.15) is 0 Å². The smallest absolute Gasteiger partial charge is 0.251 e. The largest absolute Gasteiger partial charge is 0.491 e. The molecule has 0 unspecified atom stereocenters. The summed E-state index contributed by atoms with van der Waals surface area (Å²) in [5.41, 5.74) is 16.4. The lowest BCUT2D eigenvalue weighted by Crippen LogP contribution is -2.16. The molecular weight excluding hydrogens is 242 g/mol. The van der Waals surface area contributed by atoms with E-state index in [9.17, 15) is 4.79 Å². The zero-order valence-electron chi connectivity index (χ0n) is 10.5. The van der Waals surface area contributed by atoms with Crippen LogP contribution in [0.2, 0.25) is 0 Å². The van der Waals surface area contributed by atoms with Gasteiger partial charge in [0.05, 0.1) is 23.6 Å². The van der Waals surface area contributed by atoms with Gasteiger partial charge in [-0.15, -0.1) is 0 Å². The van der Waals surface area contributed by atoms with Gasteiger partial charge in [-0.25, -0.2) is 0 Å². The number of allylic oxidation sites excluding steroid dienone is 1. The minimum atomic E-state index is -0.460. The summed E-state index contributed by atoms with van der Waals surface area (Å²) in [6, 6.07) is 0. The lowest BCUT2D eigenvalue weighted by molar-refractivity contribution is -0.112. The molecule has 0 saturated heterocycles. The molecule has 0 atom stereocenters. The number of carbonyl (C=O) groups excluding carboxylic acids is 1. The van der Waals surface area contributed by atoms with Crippen molar-refractivity contribution in [3.8, 4) is 5.75 Å². The van der Waals surface area contributed by atoms with Crippen molar-refractivity contribution in [3.05, 3.63) is 28.2 Å². The quantitative estimate of drug-likeness (QED) is 0.811. The third-order valence-electron chi connectivity index (χ3n) is 4.08. The number of amides is 1. The highest BCUT2D eigenvalue weighted by molar-refractivity contribution is 6.21. The van der Waals surface area contributed by atoms with E-state index < -0.39 is 5.91 Å². The maximum Gasteiger partial charge on any atom is 0.251 e. The number of carbonyl (C=O) groups is 1. The van der Waals surface area contributed by atoms with E-state index in [1.165, 1.54) is 0 Å². The number of hydrogen-bond donors (Lipinski definition) is 2. The topological polar surface area (TPSA) is 91.2 Å². The molecule has 0 spiro atoms. The van der Waals surface area contributed by atoms with Crippen LogP contribution in [0.25, 0.3) is 5.57 Å². The first kappa shape index (κ1) is 10.8. The average molecular weight is 257 g/mol. The van der Waals surface area contributed by atoms with Crippen molar-refractivity contribution in [2.24, 2.45) is 11.5 Å². The second kappa shape index (κ2) is 3.50. The summed E-state index contributed by atoms with van der Waals surface area (Å²) in [5, 5.41) is 0. The monoisotopic (exact) mass is 257 g/mol. The molecule has 0 aromatic carbocycles. The number of aromatic nitrogens is 1. The Morgan fingerprint density at radius 3 is 2.84 bits per heavy atom. The number of rotatable bonds is 2. The predicted octanol–water partition coefficient (Wildman–Crippen LogP) is 0.605. The summed E-state index contributed by atoms with van der Waals surface area (Å²) in [7, 11) is 0. The van der Waals surface area contributed by atoms with Gasteiger partial charge in [-0.05, 0) is 12.8 Å². The van der Waals surface area contributed by atoms with E-state index in [0.717, 1.165) is 47.5 Å². The van der Waals surface area contributed by atoms with Gasteiger partial charge >= 0.3 is 0 Å². The molecule has 0 radical (unpaired) electrons. The van der Waals surface area contributed by atoms with Gasteiger partial charge in [-0.1, -0.05) is 0 Å². The minimum absolute atomic E-state index is 0.458. The third-order valence-corrected chi connectivity index (χ3v) is 4.08. The average Bonchev–Trinajstić information content (AvgIpc) is 2.98. The normalized spacial score (nSPS) is 20.2. The first-order chi connectivity index (χ1) is 9.16. The fourth-order valence-corrected chi connectivity index (χ4v) is 3.10. The Morgan fingerprint density at radius 2 is 2.16 bits per heavy atom. The molecule has 2 aliphatic carbocycles. The second-order valence-corrected chi connectivity index (χ2v) is 5.44. The lowest BCUT2D eigenvalue weighted by Gasteiger charge is -2.12. The Kier molecular flexibility index (Phi) is 2.00. The second-order valence-electron chi connectivity index (χ2n) is 5.44. The first-order valence-corrected chi connectivity index (χ1v) is 6.64. The van der Waals surface area contributed by atoms with E-state index >= 15 is 0 Å². The molecule has 19 heavy (non-hydrogen) atoms. The molecule has 2 heterocycles. The molecule has 1 amide bonds. The molecule has 0 bridgehead atoms. The van der Waals surface area contributed by atoms with Crippen LogP contribution >= 0.6 is 0 Å². The van der Waals surface area contributed by atoms with E-state index in [1.54, 1.807) is 0 Å². The summed E-state index contributed by atoms with van der Waals surface area (Å²) in [4.78, 5) is 16.4. The molecule has 5 heteroatoms. The van der Waals surface area contributed by atoms with Gasteiger partial charge in [0.25, 0.3) is 5.91 Å². The maximum absolute atomic E-state index is 11.7. The van der Waals surface area contributed by atoms with E-state index in [1.807, 2.05) is 0 Å². The van der Waals surface area contributed by atoms with Crippen molar-refractivity contribution in [2.75, 3.05) is 6.61 Å². The van der Waals surface area contributed by atoms with E-state index in [4.69, 9.17) is 21.2 Å². The Hall–Kier alpha value is -2.04. The molecule has 1 fully saturated rings. The van der Waals surface area contributed by atoms with Crippen LogP contribution in [-0.4, -0.2) is 17.5 Å². The van der Waals surface area contributed by atoms with Gasteiger partial charge in [0, 0.05) is 35.6 Å². The summed E-state index contributed by atoms with van der Waals surface area (Å²) < 4.78 is 5.68. The van der Waals surface area contributed by atoms with Crippen LogP contribution in [0.1, 0.15) is 41.3 Å². The van der Waals surface area contributed by atoms with Crippen molar-refractivity contribution < 1.29 is 9.53 Å². The van der Waals surface area contributed by atoms with Crippen LogP contribution in [0.5, 0.6) is 5.75 Å². The van der Waals surface area contributed by atoms with Crippen LogP contribution in [0.3, 0.4) is 0 Å². The zero-order valence-corrected chi connectivity index (χ0v) is 10.5. The van der Waals surface area contributed by atoms with Gasteiger partial charge in [0.1, 0.15) is 5.75 Å². The lowest BCUT2D eigenvalue weighted by atomic mass is 9.98. The van der Waals surface area contributed by atoms with Crippen LogP contribution < -0.4 is 16.2 Å². The number of ether oxygens (including phenoxy) is 1. The number of nitrogens with two attached hydrogens (primary N) is 2. The highest BCUT2D eigenvalue weighted by Crippen LogP contribution is 2.49. The molecule has 1 aromatic heterocycles.